The number of hydrogen-bond donors (Lipinski definition) is 4. The van der Waals surface area contributed by atoms with Gasteiger partial charge in [-0.1, -0.05) is 0 Å². The first-order valence-corrected chi connectivity index (χ1v) is 5.52. The summed E-state index contributed by atoms with van der Waals surface area (Å²) >= 11 is 0. The Morgan fingerprint density at radius 3 is 0.913 bits per heavy atom. The molecule has 0 aromatic heterocycles. The Bertz CT molecular complexity index is 341. The van der Waals surface area contributed by atoms with Gasteiger partial charge in [-0.05, 0) is 0 Å². The van der Waals surface area contributed by atoms with Gasteiger partial charge in [0.1, 0.15) is 0 Å². The predicted octanol–water partition coefficient (Wildman–Crippen LogP) is -7.84. The van der Waals surface area contributed by atoms with Gasteiger partial charge in [0.25, 0.3) is 0 Å². The van der Waals surface area contributed by atoms with Crippen molar-refractivity contribution in [2.75, 3.05) is 39.3 Å². The SMILES string of the molecule is O=C(O)CN(CCN(CC(=O)O)CC(=O)O)CC(=O)O.[Fe].[H-].[H-].[Na+].[Na+]. The third kappa shape index (κ3) is 20.3. The molecule has 0 aliphatic carbocycles. The average molecular weight is 396 g/mol. The van der Waals surface area contributed by atoms with E-state index in [9.17, 15) is 19.2 Å². The Morgan fingerprint density at radius 2 is 0.783 bits per heavy atom. The molecule has 0 heterocycles. The minimum Gasteiger partial charge on any atom is -1.00 e. The summed E-state index contributed by atoms with van der Waals surface area (Å²) in [6.07, 6.45) is 0. The van der Waals surface area contributed by atoms with Gasteiger partial charge in [0.15, 0.2) is 0 Å². The van der Waals surface area contributed by atoms with E-state index in [0.29, 0.717) is 0 Å². The molecule has 0 aromatic rings. The van der Waals surface area contributed by atoms with E-state index in [-0.39, 0.29) is 92.1 Å². The summed E-state index contributed by atoms with van der Waals surface area (Å²) < 4.78 is 0. The monoisotopic (exact) mass is 396 g/mol. The molecule has 4 N–H and O–H groups in total. The molecule has 0 amide bonds. The van der Waals surface area contributed by atoms with E-state index in [1.807, 2.05) is 0 Å². The quantitative estimate of drug-likeness (QED) is 0.248. The molecule has 0 spiro atoms. The van der Waals surface area contributed by atoms with Crippen LogP contribution in [0.5, 0.6) is 0 Å². The largest absolute Gasteiger partial charge is 1.00 e. The van der Waals surface area contributed by atoms with Crippen LogP contribution in [0, 0.1) is 0 Å². The van der Waals surface area contributed by atoms with Gasteiger partial charge in [-0.2, -0.15) is 0 Å². The Kier molecular flexibility index (Phi) is 23.2. The summed E-state index contributed by atoms with van der Waals surface area (Å²) in [6.45, 7) is -2.25. The zero-order valence-corrected chi connectivity index (χ0v) is 18.0. The molecule has 13 heteroatoms. The summed E-state index contributed by atoms with van der Waals surface area (Å²) in [4.78, 5) is 44.4. The van der Waals surface area contributed by atoms with Gasteiger partial charge in [0, 0.05) is 30.2 Å². The summed E-state index contributed by atoms with van der Waals surface area (Å²) in [5.74, 6) is -4.91. The van der Waals surface area contributed by atoms with Crippen LogP contribution in [0.4, 0.5) is 0 Å². The first-order chi connectivity index (χ1) is 9.20. The maximum absolute atomic E-state index is 10.6. The summed E-state index contributed by atoms with van der Waals surface area (Å²) in [7, 11) is 0. The van der Waals surface area contributed by atoms with Crippen LogP contribution in [0.15, 0.2) is 0 Å². The second-order valence-corrected chi connectivity index (χ2v) is 4.00. The summed E-state index contributed by atoms with van der Waals surface area (Å²) in [5.41, 5.74) is 0. The summed E-state index contributed by atoms with van der Waals surface area (Å²) in [5, 5.41) is 34.5. The molecular formula is C10H18FeN2Na2O8. The first-order valence-electron chi connectivity index (χ1n) is 5.52. The van der Waals surface area contributed by atoms with Gasteiger partial charge >= 0.3 is 83.0 Å². The molecule has 0 atom stereocenters. The predicted molar refractivity (Wildman–Crippen MR) is 65.6 cm³/mol. The zero-order chi connectivity index (χ0) is 15.7. The standard InChI is InChI=1S/C10H16N2O8.Fe.2Na.2H/c13-7(14)3-11(4-8(15)16)1-2-12(5-9(17)18)6-10(19)20;;;;;/h1-6H2,(H,13,14)(H,15,16)(H,17,18)(H,19,20);;;;;/q;;2*+1;2*-1. The molecule has 0 unspecified atom stereocenters. The molecule has 0 fully saturated rings. The van der Waals surface area contributed by atoms with Crippen LogP contribution < -0.4 is 59.1 Å². The number of carboxylic acids is 4. The molecule has 23 heavy (non-hydrogen) atoms. The number of carbonyl (C=O) groups is 4. The van der Waals surface area contributed by atoms with Crippen molar-refractivity contribution < 1.29 is 119 Å². The van der Waals surface area contributed by atoms with Gasteiger partial charge in [0.05, 0.1) is 26.2 Å². The third-order valence-corrected chi connectivity index (χ3v) is 2.17. The van der Waals surface area contributed by atoms with E-state index in [1.165, 1.54) is 0 Å². The van der Waals surface area contributed by atoms with Crippen LogP contribution in [0.2, 0.25) is 0 Å². The molecule has 0 aliphatic heterocycles. The second kappa shape index (κ2) is 17.2. The van der Waals surface area contributed by atoms with Gasteiger partial charge < -0.3 is 23.3 Å². The minimum atomic E-state index is -1.23. The zero-order valence-electron chi connectivity index (χ0n) is 14.9. The van der Waals surface area contributed by atoms with E-state index in [0.717, 1.165) is 9.80 Å². The van der Waals surface area contributed by atoms with Crippen LogP contribution in [0.25, 0.3) is 0 Å². The minimum absolute atomic E-state index is 0. The fraction of sp³-hybridized carbons (Fsp3) is 0.600. The van der Waals surface area contributed by atoms with Crippen molar-refractivity contribution in [2.24, 2.45) is 0 Å². The topological polar surface area (TPSA) is 156 Å². The van der Waals surface area contributed by atoms with Crippen molar-refractivity contribution in [1.29, 1.82) is 0 Å². The molecule has 126 valence electrons. The number of carboxylic acid groups (broad SMARTS) is 4. The van der Waals surface area contributed by atoms with Crippen molar-refractivity contribution in [2.45, 2.75) is 0 Å². The van der Waals surface area contributed by atoms with Crippen molar-refractivity contribution >= 4 is 23.9 Å². The Hall–Kier alpha value is 0.319. The molecular weight excluding hydrogens is 378 g/mol. The van der Waals surface area contributed by atoms with Gasteiger partial charge in [-0.3, -0.25) is 29.0 Å². The van der Waals surface area contributed by atoms with Crippen molar-refractivity contribution in [3.8, 4) is 0 Å². The number of aliphatic carboxylic acids is 4. The molecule has 0 bridgehead atoms. The molecule has 0 aliphatic rings. The Labute approximate surface area is 190 Å². The van der Waals surface area contributed by atoms with Crippen molar-refractivity contribution in [3.63, 3.8) is 0 Å². The van der Waals surface area contributed by atoms with Crippen molar-refractivity contribution in [1.82, 2.24) is 9.80 Å². The molecule has 10 nitrogen and oxygen atoms in total. The van der Waals surface area contributed by atoms with Gasteiger partial charge in [0.2, 0.25) is 0 Å². The Morgan fingerprint density at radius 1 is 0.609 bits per heavy atom. The Balaban J connectivity index is -0.000000180. The molecule has 0 saturated heterocycles. The van der Waals surface area contributed by atoms with E-state index in [4.69, 9.17) is 20.4 Å². The maximum atomic E-state index is 10.6. The van der Waals surface area contributed by atoms with Crippen LogP contribution in [0.3, 0.4) is 0 Å². The van der Waals surface area contributed by atoms with E-state index < -0.39 is 50.1 Å². The molecule has 0 rings (SSSR count). The molecule has 0 radical (unpaired) electrons. The van der Waals surface area contributed by atoms with Crippen LogP contribution in [0.1, 0.15) is 2.85 Å². The average Bonchev–Trinajstić information content (AvgIpc) is 2.22. The fourth-order valence-corrected chi connectivity index (χ4v) is 1.48. The van der Waals surface area contributed by atoms with Gasteiger partial charge in [-0.15, -0.1) is 0 Å². The maximum Gasteiger partial charge on any atom is 1.00 e. The fourth-order valence-electron chi connectivity index (χ4n) is 1.48. The van der Waals surface area contributed by atoms with E-state index in [2.05, 4.69) is 0 Å². The number of rotatable bonds is 11. The molecule has 0 saturated carbocycles. The normalized spacial score (nSPS) is 9.30. The number of hydrogen-bond acceptors (Lipinski definition) is 6. The smallest absolute Gasteiger partial charge is 1.00 e. The second-order valence-electron chi connectivity index (χ2n) is 4.00. The summed E-state index contributed by atoms with van der Waals surface area (Å²) in [6, 6.07) is 0. The number of nitrogens with zero attached hydrogens (tertiary/aromatic N) is 2. The van der Waals surface area contributed by atoms with Crippen LogP contribution in [-0.4, -0.2) is 93.4 Å². The molecule has 0 aromatic carbocycles. The first kappa shape index (κ1) is 31.1. The third-order valence-electron chi connectivity index (χ3n) is 2.17. The van der Waals surface area contributed by atoms with E-state index in [1.54, 1.807) is 0 Å². The van der Waals surface area contributed by atoms with Crippen LogP contribution >= 0.6 is 0 Å². The van der Waals surface area contributed by atoms with Gasteiger partial charge in [-0.25, -0.2) is 0 Å². The van der Waals surface area contributed by atoms with E-state index >= 15 is 0 Å². The van der Waals surface area contributed by atoms with Crippen molar-refractivity contribution in [3.05, 3.63) is 0 Å². The van der Waals surface area contributed by atoms with Crippen LogP contribution in [-0.2, 0) is 36.2 Å².